The minimum Gasteiger partial charge on any atom is -0.387 e. The summed E-state index contributed by atoms with van der Waals surface area (Å²) in [5.41, 5.74) is 4.97. The van der Waals surface area contributed by atoms with Gasteiger partial charge in [-0.2, -0.15) is 0 Å². The van der Waals surface area contributed by atoms with Crippen LogP contribution in [0.2, 0.25) is 0 Å². The van der Waals surface area contributed by atoms with E-state index >= 15 is 0 Å². The average molecular weight is 397 g/mol. The van der Waals surface area contributed by atoms with E-state index in [1.165, 1.54) is 34.7 Å². The summed E-state index contributed by atoms with van der Waals surface area (Å²) in [5, 5.41) is 14.1. The number of imidazole rings is 1. The molecule has 3 nitrogen and oxygen atoms in total. The van der Waals surface area contributed by atoms with Gasteiger partial charge in [-0.15, -0.1) is 0 Å². The highest BCUT2D eigenvalue weighted by Crippen LogP contribution is 2.47. The molecule has 2 aliphatic rings. The predicted octanol–water partition coefficient (Wildman–Crippen LogP) is 6.37. The summed E-state index contributed by atoms with van der Waals surface area (Å²) in [4.78, 5) is 4.34. The van der Waals surface area contributed by atoms with Crippen LogP contribution in [0.25, 0.3) is 16.3 Å². The van der Waals surface area contributed by atoms with E-state index in [0.717, 1.165) is 36.9 Å². The van der Waals surface area contributed by atoms with Crippen molar-refractivity contribution in [3.05, 3.63) is 83.9 Å². The summed E-state index contributed by atoms with van der Waals surface area (Å²) in [7, 11) is 0. The number of hydrogen-bond donors (Lipinski definition) is 1. The van der Waals surface area contributed by atoms with Gasteiger partial charge >= 0.3 is 0 Å². The van der Waals surface area contributed by atoms with Gasteiger partial charge in [0.1, 0.15) is 0 Å². The van der Waals surface area contributed by atoms with E-state index < -0.39 is 6.10 Å². The molecular formula is C27H28N2O. The molecule has 0 saturated heterocycles. The number of fused-ring (bicyclic) bond motifs is 2. The Morgan fingerprint density at radius 1 is 0.833 bits per heavy atom. The van der Waals surface area contributed by atoms with Crippen LogP contribution >= 0.6 is 0 Å². The van der Waals surface area contributed by atoms with Crippen molar-refractivity contribution in [2.75, 3.05) is 0 Å². The molecule has 1 N–H and O–H groups in total. The topological polar surface area (TPSA) is 37.5 Å². The lowest BCUT2D eigenvalue weighted by atomic mass is 9.75. The van der Waals surface area contributed by atoms with Gasteiger partial charge in [0.15, 0.2) is 0 Å². The van der Waals surface area contributed by atoms with Crippen LogP contribution in [0.15, 0.2) is 67.1 Å². The molecule has 2 aromatic carbocycles. The minimum absolute atomic E-state index is 0.326. The van der Waals surface area contributed by atoms with E-state index in [2.05, 4.69) is 64.0 Å². The molecule has 4 aromatic rings. The zero-order chi connectivity index (χ0) is 20.1. The Kier molecular flexibility index (Phi) is 4.38. The molecule has 152 valence electrons. The van der Waals surface area contributed by atoms with Crippen molar-refractivity contribution in [1.82, 2.24) is 9.38 Å². The maximum atomic E-state index is 11.5. The first-order valence-electron chi connectivity index (χ1n) is 11.4. The number of aliphatic hydroxyl groups is 1. The summed E-state index contributed by atoms with van der Waals surface area (Å²) < 4.78 is 2.13. The van der Waals surface area contributed by atoms with E-state index in [0.29, 0.717) is 17.8 Å². The van der Waals surface area contributed by atoms with E-state index in [1.807, 2.05) is 12.5 Å². The van der Waals surface area contributed by atoms with Crippen molar-refractivity contribution in [1.29, 1.82) is 0 Å². The van der Waals surface area contributed by atoms with Crippen LogP contribution in [0.1, 0.15) is 73.3 Å². The van der Waals surface area contributed by atoms with Crippen molar-refractivity contribution < 1.29 is 5.11 Å². The molecule has 2 aromatic heterocycles. The first kappa shape index (κ1) is 18.1. The molecule has 2 heterocycles. The number of aliphatic hydroxyl groups excluding tert-OH is 1. The van der Waals surface area contributed by atoms with Gasteiger partial charge in [0.25, 0.3) is 0 Å². The Hall–Kier alpha value is -2.65. The van der Waals surface area contributed by atoms with Gasteiger partial charge in [-0.25, -0.2) is 4.98 Å². The normalized spacial score (nSPS) is 23.1. The third-order valence-corrected chi connectivity index (χ3v) is 7.42. The van der Waals surface area contributed by atoms with Crippen molar-refractivity contribution in [2.24, 2.45) is 5.92 Å². The molecular weight excluding hydrogens is 368 g/mol. The standard InChI is InChI=1S/C27H28N2O/c30-27(26-25(20-8-9-20)14-13-24-16-28-17-29(24)26)21-10-5-19(6-11-21)23-12-7-18-3-1-2-4-22(18)15-23/h1-4,7,12-17,19-21,27,30H,5-6,8-11H2/t19?,21?,27-/m0/s1. The summed E-state index contributed by atoms with van der Waals surface area (Å²) in [5.74, 6) is 1.55. The summed E-state index contributed by atoms with van der Waals surface area (Å²) in [6.45, 7) is 0. The number of aromatic nitrogens is 2. The van der Waals surface area contributed by atoms with Crippen LogP contribution in [0.3, 0.4) is 0 Å². The molecule has 6 rings (SSSR count). The minimum atomic E-state index is -0.406. The van der Waals surface area contributed by atoms with Gasteiger partial charge in [0.2, 0.25) is 0 Å². The van der Waals surface area contributed by atoms with Gasteiger partial charge in [-0.1, -0.05) is 48.5 Å². The Balaban J connectivity index is 1.24. The fourth-order valence-corrected chi connectivity index (χ4v) is 5.54. The molecule has 0 spiro atoms. The monoisotopic (exact) mass is 396 g/mol. The largest absolute Gasteiger partial charge is 0.387 e. The third-order valence-electron chi connectivity index (χ3n) is 7.42. The molecule has 2 fully saturated rings. The van der Waals surface area contributed by atoms with E-state index in [9.17, 15) is 5.11 Å². The van der Waals surface area contributed by atoms with Crippen LogP contribution in [0.5, 0.6) is 0 Å². The fourth-order valence-electron chi connectivity index (χ4n) is 5.54. The molecule has 0 aliphatic heterocycles. The Morgan fingerprint density at radius 3 is 2.40 bits per heavy atom. The van der Waals surface area contributed by atoms with Crippen LogP contribution in [-0.2, 0) is 0 Å². The van der Waals surface area contributed by atoms with Crippen molar-refractivity contribution in [2.45, 2.75) is 56.5 Å². The van der Waals surface area contributed by atoms with Crippen molar-refractivity contribution >= 4 is 16.3 Å². The number of pyridine rings is 1. The molecule has 1 atom stereocenters. The van der Waals surface area contributed by atoms with Crippen molar-refractivity contribution in [3.8, 4) is 0 Å². The molecule has 0 radical (unpaired) electrons. The second-order valence-corrected chi connectivity index (χ2v) is 9.30. The number of rotatable bonds is 4. The number of nitrogens with zero attached hydrogens (tertiary/aromatic N) is 2. The first-order chi connectivity index (χ1) is 14.8. The Labute approximate surface area is 177 Å². The zero-order valence-electron chi connectivity index (χ0n) is 17.2. The van der Waals surface area contributed by atoms with Gasteiger partial charge in [-0.05, 0) is 84.2 Å². The molecule has 3 heteroatoms. The highest BCUT2D eigenvalue weighted by atomic mass is 16.3. The molecule has 0 amide bonds. The quantitative estimate of drug-likeness (QED) is 0.435. The van der Waals surface area contributed by atoms with Gasteiger partial charge in [0, 0.05) is 0 Å². The first-order valence-corrected chi connectivity index (χ1v) is 11.4. The van der Waals surface area contributed by atoms with Crippen molar-refractivity contribution in [3.63, 3.8) is 0 Å². The van der Waals surface area contributed by atoms with Gasteiger partial charge in [-0.3, -0.25) is 0 Å². The van der Waals surface area contributed by atoms with Gasteiger partial charge in [0.05, 0.1) is 29.8 Å². The molecule has 2 saturated carbocycles. The molecule has 0 bridgehead atoms. The highest BCUT2D eigenvalue weighted by Gasteiger charge is 2.34. The lowest BCUT2D eigenvalue weighted by Crippen LogP contribution is -2.22. The lowest BCUT2D eigenvalue weighted by molar-refractivity contribution is 0.0754. The highest BCUT2D eigenvalue weighted by molar-refractivity contribution is 5.83. The van der Waals surface area contributed by atoms with Crippen LogP contribution in [0.4, 0.5) is 0 Å². The number of benzene rings is 2. The number of hydrogen-bond acceptors (Lipinski definition) is 2. The Morgan fingerprint density at radius 2 is 1.60 bits per heavy atom. The van der Waals surface area contributed by atoms with E-state index in [4.69, 9.17) is 0 Å². The van der Waals surface area contributed by atoms with Gasteiger partial charge < -0.3 is 9.51 Å². The van der Waals surface area contributed by atoms with E-state index in [1.54, 1.807) is 0 Å². The SMILES string of the molecule is O[C@H](c1c(C2CC2)ccc2cncn12)C1CCC(c2ccc3ccccc3c2)CC1. The lowest BCUT2D eigenvalue weighted by Gasteiger charge is -2.33. The van der Waals surface area contributed by atoms with Crippen LogP contribution in [-0.4, -0.2) is 14.5 Å². The van der Waals surface area contributed by atoms with Crippen LogP contribution in [0, 0.1) is 5.92 Å². The van der Waals surface area contributed by atoms with Crippen LogP contribution < -0.4 is 0 Å². The third kappa shape index (κ3) is 3.13. The maximum Gasteiger partial charge on any atom is 0.0995 e. The second-order valence-electron chi connectivity index (χ2n) is 9.30. The average Bonchev–Trinajstić information content (AvgIpc) is 3.54. The molecule has 0 unspecified atom stereocenters. The second kappa shape index (κ2) is 7.24. The maximum absolute atomic E-state index is 11.5. The van der Waals surface area contributed by atoms with E-state index in [-0.39, 0.29) is 0 Å². The summed E-state index contributed by atoms with van der Waals surface area (Å²) in [6, 6.07) is 19.9. The molecule has 30 heavy (non-hydrogen) atoms. The fraction of sp³-hybridized carbons (Fsp3) is 0.370. The summed E-state index contributed by atoms with van der Waals surface area (Å²) in [6.07, 6.45) is 10.3. The smallest absolute Gasteiger partial charge is 0.0995 e. The zero-order valence-corrected chi connectivity index (χ0v) is 17.2. The molecule has 2 aliphatic carbocycles. The Bertz CT molecular complexity index is 1200. The summed E-state index contributed by atoms with van der Waals surface area (Å²) >= 11 is 0. The predicted molar refractivity (Wildman–Crippen MR) is 121 cm³/mol.